The number of hydrazone groups is 1. The molecule has 1 fully saturated rings. The standard InChI is InChI=1S/C20H26N4O2S/c1-14-13-27-20(21-14)11-19(25)23-22-15(2)16-6-7-18(26-3)17(10-16)12-24-8-4-5-9-24/h6-7,10,13H,4-5,8-9,11-12H2,1-3H3,(H,23,25)/p+1/b22-15-. The summed E-state index contributed by atoms with van der Waals surface area (Å²) in [5, 5.41) is 7.02. The van der Waals surface area contributed by atoms with Crippen molar-refractivity contribution in [2.24, 2.45) is 5.10 Å². The first kappa shape index (κ1) is 19.5. The maximum atomic E-state index is 12.1. The van der Waals surface area contributed by atoms with Gasteiger partial charge in [-0.25, -0.2) is 10.4 Å². The third kappa shape index (κ3) is 5.37. The molecule has 1 aliphatic rings. The van der Waals surface area contributed by atoms with Crippen molar-refractivity contribution in [1.29, 1.82) is 0 Å². The van der Waals surface area contributed by atoms with Crippen LogP contribution in [0.4, 0.5) is 0 Å². The normalized spacial score (nSPS) is 15.1. The van der Waals surface area contributed by atoms with Gasteiger partial charge in [0, 0.05) is 29.5 Å². The molecule has 2 aromatic rings. The van der Waals surface area contributed by atoms with E-state index in [1.165, 1.54) is 42.8 Å². The van der Waals surface area contributed by atoms with E-state index < -0.39 is 0 Å². The van der Waals surface area contributed by atoms with Gasteiger partial charge in [0.2, 0.25) is 5.91 Å². The summed E-state index contributed by atoms with van der Waals surface area (Å²) in [5.74, 6) is 0.757. The second kappa shape index (κ2) is 9.10. The molecular formula is C20H27N4O2S+. The summed E-state index contributed by atoms with van der Waals surface area (Å²) >= 11 is 1.49. The predicted molar refractivity (Wildman–Crippen MR) is 108 cm³/mol. The maximum Gasteiger partial charge on any atom is 0.246 e. The summed E-state index contributed by atoms with van der Waals surface area (Å²) in [6.45, 7) is 7.22. The van der Waals surface area contributed by atoms with Crippen molar-refractivity contribution in [2.45, 2.75) is 39.7 Å². The van der Waals surface area contributed by atoms with Gasteiger partial charge in [-0.05, 0) is 37.6 Å². The molecule has 3 rings (SSSR count). The Kier molecular flexibility index (Phi) is 6.58. The van der Waals surface area contributed by atoms with Crippen LogP contribution in [0.15, 0.2) is 28.7 Å². The van der Waals surface area contributed by atoms with Gasteiger partial charge >= 0.3 is 0 Å². The molecule has 0 aliphatic carbocycles. The van der Waals surface area contributed by atoms with Crippen LogP contribution in [0.2, 0.25) is 0 Å². The Labute approximate surface area is 164 Å². The van der Waals surface area contributed by atoms with E-state index in [0.29, 0.717) is 0 Å². The van der Waals surface area contributed by atoms with Crippen LogP contribution in [-0.2, 0) is 17.8 Å². The van der Waals surface area contributed by atoms with Gasteiger partial charge in [-0.3, -0.25) is 4.79 Å². The highest BCUT2D eigenvalue weighted by atomic mass is 32.1. The Bertz CT molecular complexity index is 825. The fourth-order valence-electron chi connectivity index (χ4n) is 3.33. The maximum absolute atomic E-state index is 12.1. The van der Waals surface area contributed by atoms with Gasteiger partial charge in [0.1, 0.15) is 17.3 Å². The number of benzene rings is 1. The van der Waals surface area contributed by atoms with Crippen LogP contribution in [0.1, 0.15) is 41.6 Å². The first-order valence-corrected chi connectivity index (χ1v) is 10.2. The largest absolute Gasteiger partial charge is 0.496 e. The van der Waals surface area contributed by atoms with E-state index in [9.17, 15) is 4.79 Å². The van der Waals surface area contributed by atoms with E-state index in [0.717, 1.165) is 34.3 Å². The van der Waals surface area contributed by atoms with Crippen molar-refractivity contribution in [3.8, 4) is 5.75 Å². The lowest BCUT2D eigenvalue weighted by Crippen LogP contribution is -3.08. The average molecular weight is 388 g/mol. The van der Waals surface area contributed by atoms with Crippen molar-refractivity contribution in [3.05, 3.63) is 45.4 Å². The van der Waals surface area contributed by atoms with E-state index in [2.05, 4.69) is 21.6 Å². The number of quaternary nitrogens is 1. The number of likely N-dealkylation sites (tertiary alicyclic amines) is 1. The lowest BCUT2D eigenvalue weighted by atomic mass is 10.1. The molecule has 1 saturated heterocycles. The topological polar surface area (TPSA) is 68.0 Å². The molecular weight excluding hydrogens is 360 g/mol. The highest BCUT2D eigenvalue weighted by molar-refractivity contribution is 7.09. The minimum Gasteiger partial charge on any atom is -0.496 e. The van der Waals surface area contributed by atoms with Crippen molar-refractivity contribution in [1.82, 2.24) is 10.4 Å². The molecule has 0 unspecified atom stereocenters. The van der Waals surface area contributed by atoms with Gasteiger partial charge < -0.3 is 9.64 Å². The lowest BCUT2D eigenvalue weighted by Gasteiger charge is -2.15. The molecule has 0 saturated carbocycles. The number of hydrogen-bond acceptors (Lipinski definition) is 5. The Morgan fingerprint density at radius 2 is 2.15 bits per heavy atom. The van der Waals surface area contributed by atoms with E-state index >= 15 is 0 Å². The summed E-state index contributed by atoms with van der Waals surface area (Å²) in [5.41, 5.74) is 6.54. The number of rotatable bonds is 7. The molecule has 0 bridgehead atoms. The highest BCUT2D eigenvalue weighted by Crippen LogP contribution is 2.20. The molecule has 0 atom stereocenters. The molecule has 1 aromatic carbocycles. The van der Waals surface area contributed by atoms with Crippen LogP contribution < -0.4 is 15.1 Å². The first-order chi connectivity index (χ1) is 13.0. The number of methoxy groups -OCH3 is 1. The summed E-state index contributed by atoms with van der Waals surface area (Å²) in [4.78, 5) is 18.0. The highest BCUT2D eigenvalue weighted by Gasteiger charge is 2.18. The third-order valence-electron chi connectivity index (χ3n) is 4.78. The summed E-state index contributed by atoms with van der Waals surface area (Å²) in [6.07, 6.45) is 2.84. The molecule has 144 valence electrons. The second-order valence-electron chi connectivity index (χ2n) is 6.95. The van der Waals surface area contributed by atoms with Gasteiger partial charge in [-0.1, -0.05) is 0 Å². The third-order valence-corrected chi connectivity index (χ3v) is 5.74. The van der Waals surface area contributed by atoms with E-state index in [-0.39, 0.29) is 12.3 Å². The minimum atomic E-state index is -0.154. The number of aryl methyl sites for hydroxylation is 1. The zero-order valence-electron chi connectivity index (χ0n) is 16.2. The van der Waals surface area contributed by atoms with Gasteiger partial charge in [0.05, 0.1) is 32.3 Å². The molecule has 2 N–H and O–H groups in total. The van der Waals surface area contributed by atoms with Crippen LogP contribution in [0.25, 0.3) is 0 Å². The fraction of sp³-hybridized carbons (Fsp3) is 0.450. The molecule has 2 heterocycles. The number of hydrogen-bond donors (Lipinski definition) is 2. The molecule has 0 radical (unpaired) electrons. The zero-order valence-corrected chi connectivity index (χ0v) is 17.0. The van der Waals surface area contributed by atoms with Gasteiger partial charge in [0.25, 0.3) is 0 Å². The van der Waals surface area contributed by atoms with Crippen LogP contribution in [0.3, 0.4) is 0 Å². The monoisotopic (exact) mass is 387 g/mol. The van der Waals surface area contributed by atoms with E-state index in [4.69, 9.17) is 4.74 Å². The number of thiazole rings is 1. The van der Waals surface area contributed by atoms with Crippen molar-refractivity contribution in [3.63, 3.8) is 0 Å². The Morgan fingerprint density at radius 3 is 2.81 bits per heavy atom. The predicted octanol–water partition coefficient (Wildman–Crippen LogP) is 1.72. The molecule has 27 heavy (non-hydrogen) atoms. The quantitative estimate of drug-likeness (QED) is 0.562. The molecule has 0 spiro atoms. The number of ether oxygens (including phenoxy) is 1. The Morgan fingerprint density at radius 1 is 1.37 bits per heavy atom. The van der Waals surface area contributed by atoms with Gasteiger partial charge in [0.15, 0.2) is 0 Å². The molecule has 1 amide bonds. The summed E-state index contributed by atoms with van der Waals surface area (Å²) in [7, 11) is 1.71. The number of aromatic nitrogens is 1. The van der Waals surface area contributed by atoms with Gasteiger partial charge in [-0.15, -0.1) is 11.3 Å². The number of carbonyl (C=O) groups excluding carboxylic acids is 1. The minimum absolute atomic E-state index is 0.154. The molecule has 7 heteroatoms. The van der Waals surface area contributed by atoms with Crippen LogP contribution in [0, 0.1) is 6.92 Å². The average Bonchev–Trinajstić information content (AvgIpc) is 3.31. The van der Waals surface area contributed by atoms with Crippen molar-refractivity contribution in [2.75, 3.05) is 20.2 Å². The smallest absolute Gasteiger partial charge is 0.246 e. The Balaban J connectivity index is 1.66. The lowest BCUT2D eigenvalue weighted by molar-refractivity contribution is -0.901. The van der Waals surface area contributed by atoms with E-state index in [1.807, 2.05) is 31.4 Å². The van der Waals surface area contributed by atoms with Gasteiger partial charge in [-0.2, -0.15) is 5.10 Å². The molecule has 1 aliphatic heterocycles. The van der Waals surface area contributed by atoms with Crippen LogP contribution in [-0.4, -0.2) is 36.8 Å². The van der Waals surface area contributed by atoms with Crippen molar-refractivity contribution >= 4 is 23.0 Å². The number of nitrogens with one attached hydrogen (secondary N) is 2. The fourth-order valence-corrected chi connectivity index (χ4v) is 4.10. The van der Waals surface area contributed by atoms with Crippen LogP contribution in [0.5, 0.6) is 5.75 Å². The number of amides is 1. The Hall–Kier alpha value is -2.25. The van der Waals surface area contributed by atoms with Crippen LogP contribution >= 0.6 is 11.3 Å². The second-order valence-corrected chi connectivity index (χ2v) is 7.89. The first-order valence-electron chi connectivity index (χ1n) is 9.30. The van der Waals surface area contributed by atoms with Crippen molar-refractivity contribution < 1.29 is 14.4 Å². The zero-order chi connectivity index (χ0) is 19.2. The summed E-state index contributed by atoms with van der Waals surface area (Å²) < 4.78 is 5.53. The van der Waals surface area contributed by atoms with E-state index in [1.54, 1.807) is 12.0 Å². The molecule has 6 nitrogen and oxygen atoms in total. The SMILES string of the molecule is COc1ccc(/C(C)=N\NC(=O)Cc2nc(C)cs2)cc1C[NH+]1CCCC1. The molecule has 1 aromatic heterocycles. The summed E-state index contributed by atoms with van der Waals surface area (Å²) in [6, 6.07) is 6.09. The number of nitrogens with zero attached hydrogens (tertiary/aromatic N) is 2. The number of carbonyl (C=O) groups is 1.